The van der Waals surface area contributed by atoms with Crippen LogP contribution in [0.5, 0.6) is 11.5 Å². The van der Waals surface area contributed by atoms with Gasteiger partial charge < -0.3 is 9.47 Å². The van der Waals surface area contributed by atoms with Gasteiger partial charge in [-0.1, -0.05) is 29.8 Å². The van der Waals surface area contributed by atoms with E-state index in [1.807, 2.05) is 38.1 Å². The van der Waals surface area contributed by atoms with Crippen LogP contribution in [-0.2, 0) is 6.61 Å². The highest BCUT2D eigenvalue weighted by Crippen LogP contribution is 2.35. The Morgan fingerprint density at radius 2 is 2.00 bits per heavy atom. The molecule has 3 rings (SSSR count). The minimum absolute atomic E-state index is 0.101. The van der Waals surface area contributed by atoms with Crippen LogP contribution in [0.2, 0.25) is 5.02 Å². The summed E-state index contributed by atoms with van der Waals surface area (Å²) in [6.45, 7) is 4.19. The lowest BCUT2D eigenvalue weighted by Gasteiger charge is -2.31. The normalized spacial score (nSPS) is 15.9. The maximum absolute atomic E-state index is 12.1. The molecule has 0 aromatic heterocycles. The maximum Gasteiger partial charge on any atom is 0.170 e. The summed E-state index contributed by atoms with van der Waals surface area (Å²) in [4.78, 5) is 12.1. The molecule has 1 aliphatic rings. The van der Waals surface area contributed by atoms with Crippen LogP contribution < -0.4 is 9.47 Å². The van der Waals surface area contributed by atoms with E-state index < -0.39 is 5.60 Å². The summed E-state index contributed by atoms with van der Waals surface area (Å²) in [6.07, 6.45) is 0.389. The van der Waals surface area contributed by atoms with Gasteiger partial charge in [-0.25, -0.2) is 0 Å². The van der Waals surface area contributed by atoms with Crippen molar-refractivity contribution in [2.24, 2.45) is 0 Å². The lowest BCUT2D eigenvalue weighted by atomic mass is 9.93. The van der Waals surface area contributed by atoms with Crippen molar-refractivity contribution in [3.05, 3.63) is 58.6 Å². The van der Waals surface area contributed by atoms with Gasteiger partial charge in [0.2, 0.25) is 0 Å². The predicted octanol–water partition coefficient (Wildman–Crippen LogP) is 4.66. The minimum Gasteiger partial charge on any atom is -0.489 e. The quantitative estimate of drug-likeness (QED) is 0.826. The van der Waals surface area contributed by atoms with E-state index in [0.717, 1.165) is 5.56 Å². The highest BCUT2D eigenvalue weighted by molar-refractivity contribution is 6.31. The molecule has 0 spiro atoms. The number of Topliss-reactive ketones (excluding diaryl/α,β-unsaturated/α-hetero) is 1. The first-order valence-corrected chi connectivity index (χ1v) is 7.55. The second-order valence-electron chi connectivity index (χ2n) is 6.00. The van der Waals surface area contributed by atoms with Gasteiger partial charge in [0.25, 0.3) is 0 Å². The molecular weight excluding hydrogens is 300 g/mol. The van der Waals surface area contributed by atoms with E-state index in [1.54, 1.807) is 18.2 Å². The van der Waals surface area contributed by atoms with Gasteiger partial charge in [-0.3, -0.25) is 4.79 Å². The molecule has 0 saturated heterocycles. The third-order valence-corrected chi connectivity index (χ3v) is 3.95. The Balaban J connectivity index is 1.79. The molecule has 0 saturated carbocycles. The van der Waals surface area contributed by atoms with Gasteiger partial charge in [0.05, 0.1) is 12.0 Å². The number of hydrogen-bond donors (Lipinski definition) is 0. The molecule has 0 amide bonds. The van der Waals surface area contributed by atoms with Crippen LogP contribution in [0.3, 0.4) is 0 Å². The number of halogens is 1. The molecule has 22 heavy (non-hydrogen) atoms. The predicted molar refractivity (Wildman–Crippen MR) is 85.9 cm³/mol. The zero-order valence-electron chi connectivity index (χ0n) is 12.6. The van der Waals surface area contributed by atoms with Gasteiger partial charge >= 0.3 is 0 Å². The Morgan fingerprint density at radius 3 is 2.77 bits per heavy atom. The molecule has 2 aromatic carbocycles. The molecule has 0 unspecified atom stereocenters. The topological polar surface area (TPSA) is 35.5 Å². The molecule has 3 nitrogen and oxygen atoms in total. The molecule has 1 heterocycles. The summed E-state index contributed by atoms with van der Waals surface area (Å²) in [5, 5.41) is 0.674. The largest absolute Gasteiger partial charge is 0.489 e. The fraction of sp³-hybridized carbons (Fsp3) is 0.278. The molecule has 2 aromatic rings. The van der Waals surface area contributed by atoms with E-state index >= 15 is 0 Å². The van der Waals surface area contributed by atoms with E-state index in [0.29, 0.717) is 35.1 Å². The molecule has 0 aliphatic carbocycles. The first kappa shape index (κ1) is 14.9. The van der Waals surface area contributed by atoms with Gasteiger partial charge in [0.1, 0.15) is 23.7 Å². The highest BCUT2D eigenvalue weighted by Gasteiger charge is 2.32. The number of hydrogen-bond acceptors (Lipinski definition) is 3. The van der Waals surface area contributed by atoms with Crippen LogP contribution >= 0.6 is 11.6 Å². The molecule has 4 heteroatoms. The number of ketones is 1. The molecule has 0 atom stereocenters. The van der Waals surface area contributed by atoms with Crippen molar-refractivity contribution in [2.75, 3.05) is 0 Å². The van der Waals surface area contributed by atoms with Crippen molar-refractivity contribution in [1.82, 2.24) is 0 Å². The molecule has 1 aliphatic heterocycles. The van der Waals surface area contributed by atoms with E-state index in [2.05, 4.69) is 0 Å². The lowest BCUT2D eigenvalue weighted by Crippen LogP contribution is -2.35. The third-order valence-electron chi connectivity index (χ3n) is 3.58. The fourth-order valence-electron chi connectivity index (χ4n) is 2.50. The maximum atomic E-state index is 12.1. The van der Waals surface area contributed by atoms with Crippen molar-refractivity contribution in [1.29, 1.82) is 0 Å². The summed E-state index contributed by atoms with van der Waals surface area (Å²) in [6, 6.07) is 12.9. The Morgan fingerprint density at radius 1 is 1.23 bits per heavy atom. The van der Waals surface area contributed by atoms with Crippen molar-refractivity contribution < 1.29 is 14.3 Å². The standard InChI is InChI=1S/C18H17ClO3/c1-18(2)10-16(20)14-8-7-13(9-17(14)22-18)21-11-12-5-3-4-6-15(12)19/h3-9H,10-11H2,1-2H3. The van der Waals surface area contributed by atoms with Crippen molar-refractivity contribution >= 4 is 17.4 Å². The van der Waals surface area contributed by atoms with Crippen LogP contribution in [0.25, 0.3) is 0 Å². The molecule has 0 bridgehead atoms. The average molecular weight is 317 g/mol. The first-order valence-electron chi connectivity index (χ1n) is 7.17. The Labute approximate surface area is 134 Å². The monoisotopic (exact) mass is 316 g/mol. The fourth-order valence-corrected chi connectivity index (χ4v) is 2.69. The number of carbonyl (C=O) groups excluding carboxylic acids is 1. The second-order valence-corrected chi connectivity index (χ2v) is 6.41. The van der Waals surface area contributed by atoms with E-state index in [-0.39, 0.29) is 5.78 Å². The number of rotatable bonds is 3. The van der Waals surface area contributed by atoms with Crippen LogP contribution in [0, 0.1) is 0 Å². The van der Waals surface area contributed by atoms with Crippen molar-refractivity contribution in [3.8, 4) is 11.5 Å². The number of ether oxygens (including phenoxy) is 2. The number of benzene rings is 2. The van der Waals surface area contributed by atoms with Crippen LogP contribution in [0.1, 0.15) is 36.2 Å². The van der Waals surface area contributed by atoms with Gasteiger partial charge in [-0.05, 0) is 32.0 Å². The zero-order valence-corrected chi connectivity index (χ0v) is 13.3. The molecule has 0 N–H and O–H groups in total. The Kier molecular flexibility index (Phi) is 3.83. The smallest absolute Gasteiger partial charge is 0.170 e. The average Bonchev–Trinajstić information content (AvgIpc) is 2.44. The van der Waals surface area contributed by atoms with E-state index in [1.165, 1.54) is 0 Å². The van der Waals surface area contributed by atoms with Gasteiger partial charge in [0.15, 0.2) is 5.78 Å². The second kappa shape index (κ2) is 5.65. The third kappa shape index (κ3) is 3.09. The Hall–Kier alpha value is -2.00. The first-order chi connectivity index (χ1) is 10.4. The highest BCUT2D eigenvalue weighted by atomic mass is 35.5. The Bertz CT molecular complexity index is 722. The zero-order chi connectivity index (χ0) is 15.7. The summed E-state index contributed by atoms with van der Waals surface area (Å²) < 4.78 is 11.6. The lowest BCUT2D eigenvalue weighted by molar-refractivity contribution is 0.0618. The summed E-state index contributed by atoms with van der Waals surface area (Å²) >= 11 is 6.11. The van der Waals surface area contributed by atoms with Gasteiger partial charge in [0, 0.05) is 16.7 Å². The summed E-state index contributed by atoms with van der Waals surface area (Å²) in [5.74, 6) is 1.34. The summed E-state index contributed by atoms with van der Waals surface area (Å²) in [5.41, 5.74) is 1.05. The molecule has 0 radical (unpaired) electrons. The minimum atomic E-state index is -0.481. The van der Waals surface area contributed by atoms with Crippen molar-refractivity contribution in [2.45, 2.75) is 32.5 Å². The van der Waals surface area contributed by atoms with Crippen LogP contribution in [0.4, 0.5) is 0 Å². The summed E-state index contributed by atoms with van der Waals surface area (Å²) in [7, 11) is 0. The van der Waals surface area contributed by atoms with E-state index in [4.69, 9.17) is 21.1 Å². The molecule has 114 valence electrons. The van der Waals surface area contributed by atoms with Gasteiger partial charge in [-0.2, -0.15) is 0 Å². The van der Waals surface area contributed by atoms with Crippen molar-refractivity contribution in [3.63, 3.8) is 0 Å². The molecular formula is C18H17ClO3. The van der Waals surface area contributed by atoms with Crippen LogP contribution in [-0.4, -0.2) is 11.4 Å². The van der Waals surface area contributed by atoms with E-state index in [9.17, 15) is 4.79 Å². The number of carbonyl (C=O) groups is 1. The number of fused-ring (bicyclic) bond motifs is 1. The van der Waals surface area contributed by atoms with Gasteiger partial charge in [-0.15, -0.1) is 0 Å². The SMILES string of the molecule is CC1(C)CC(=O)c2ccc(OCc3ccccc3Cl)cc2O1. The molecule has 0 fully saturated rings. The van der Waals surface area contributed by atoms with Crippen LogP contribution in [0.15, 0.2) is 42.5 Å².